The number of amides is 1. The first-order valence-electron chi connectivity index (χ1n) is 7.14. The number of aromatic nitrogens is 3. The lowest BCUT2D eigenvalue weighted by Gasteiger charge is -2.27. The third kappa shape index (κ3) is 2.74. The zero-order valence-corrected chi connectivity index (χ0v) is 12.2. The average Bonchev–Trinajstić information content (AvgIpc) is 2.93. The standard InChI is InChI=1S/C15H19N5O/c1-10(14-19-16-9-20(14)2)17-15(21)13-8-7-11-5-3-4-6-12(11)18-13/h3-6,9-10,13,18H,7-8H2,1-2H3,(H,17,21). The van der Waals surface area contributed by atoms with Crippen LogP contribution in [0.1, 0.15) is 30.8 Å². The van der Waals surface area contributed by atoms with E-state index in [9.17, 15) is 4.79 Å². The molecular formula is C15H19N5O. The Bertz CT molecular complexity index is 651. The largest absolute Gasteiger partial charge is 0.373 e. The summed E-state index contributed by atoms with van der Waals surface area (Å²) in [6, 6.07) is 7.75. The van der Waals surface area contributed by atoms with Gasteiger partial charge in [-0.05, 0) is 31.4 Å². The lowest BCUT2D eigenvalue weighted by atomic mass is 9.97. The van der Waals surface area contributed by atoms with Crippen molar-refractivity contribution in [2.45, 2.75) is 31.8 Å². The topological polar surface area (TPSA) is 71.8 Å². The van der Waals surface area contributed by atoms with Crippen molar-refractivity contribution in [2.75, 3.05) is 5.32 Å². The van der Waals surface area contributed by atoms with Crippen LogP contribution in [0.25, 0.3) is 0 Å². The normalized spacial score (nSPS) is 18.5. The van der Waals surface area contributed by atoms with Crippen molar-refractivity contribution in [3.05, 3.63) is 42.0 Å². The zero-order chi connectivity index (χ0) is 14.8. The maximum atomic E-state index is 12.4. The van der Waals surface area contributed by atoms with Crippen LogP contribution in [0.4, 0.5) is 5.69 Å². The van der Waals surface area contributed by atoms with Gasteiger partial charge in [0, 0.05) is 12.7 Å². The quantitative estimate of drug-likeness (QED) is 0.894. The molecule has 2 heterocycles. The van der Waals surface area contributed by atoms with Crippen LogP contribution in [0.5, 0.6) is 0 Å². The lowest BCUT2D eigenvalue weighted by molar-refractivity contribution is -0.122. The second-order valence-electron chi connectivity index (χ2n) is 5.42. The number of nitrogens with one attached hydrogen (secondary N) is 2. The summed E-state index contributed by atoms with van der Waals surface area (Å²) in [5.74, 6) is 0.750. The molecule has 0 fully saturated rings. The van der Waals surface area contributed by atoms with E-state index in [0.717, 1.165) is 24.4 Å². The van der Waals surface area contributed by atoms with Crippen LogP contribution in [-0.2, 0) is 18.3 Å². The first-order chi connectivity index (χ1) is 10.1. The van der Waals surface area contributed by atoms with E-state index in [-0.39, 0.29) is 18.0 Å². The van der Waals surface area contributed by atoms with Crippen molar-refractivity contribution in [1.29, 1.82) is 0 Å². The minimum absolute atomic E-state index is 0.00000283. The molecule has 110 valence electrons. The summed E-state index contributed by atoms with van der Waals surface area (Å²) in [6.07, 6.45) is 3.35. The van der Waals surface area contributed by atoms with Crippen molar-refractivity contribution >= 4 is 11.6 Å². The molecule has 0 spiro atoms. The van der Waals surface area contributed by atoms with Crippen LogP contribution in [0.15, 0.2) is 30.6 Å². The molecular weight excluding hydrogens is 266 g/mol. The van der Waals surface area contributed by atoms with Crippen LogP contribution in [-0.4, -0.2) is 26.7 Å². The highest BCUT2D eigenvalue weighted by atomic mass is 16.2. The fourth-order valence-corrected chi connectivity index (χ4v) is 2.70. The first-order valence-corrected chi connectivity index (χ1v) is 7.14. The molecule has 6 nitrogen and oxygen atoms in total. The van der Waals surface area contributed by atoms with Crippen LogP contribution < -0.4 is 10.6 Å². The highest BCUT2D eigenvalue weighted by Crippen LogP contribution is 2.24. The van der Waals surface area contributed by atoms with Gasteiger partial charge in [-0.3, -0.25) is 4.79 Å². The molecule has 21 heavy (non-hydrogen) atoms. The number of nitrogens with zero attached hydrogens (tertiary/aromatic N) is 3. The molecule has 0 aliphatic carbocycles. The molecule has 1 amide bonds. The van der Waals surface area contributed by atoms with Crippen LogP contribution >= 0.6 is 0 Å². The molecule has 0 saturated heterocycles. The average molecular weight is 285 g/mol. The van der Waals surface area contributed by atoms with E-state index in [1.54, 1.807) is 6.33 Å². The van der Waals surface area contributed by atoms with E-state index in [2.05, 4.69) is 26.9 Å². The minimum Gasteiger partial charge on any atom is -0.373 e. The van der Waals surface area contributed by atoms with E-state index in [1.165, 1.54) is 5.56 Å². The molecule has 0 radical (unpaired) electrons. The monoisotopic (exact) mass is 285 g/mol. The predicted octanol–water partition coefficient (Wildman–Crippen LogP) is 1.42. The number of hydrogen-bond acceptors (Lipinski definition) is 4. The molecule has 2 unspecified atom stereocenters. The summed E-state index contributed by atoms with van der Waals surface area (Å²) in [5, 5.41) is 14.2. The van der Waals surface area contributed by atoms with Gasteiger partial charge in [0.25, 0.3) is 0 Å². The SMILES string of the molecule is CC(NC(=O)C1CCc2ccccc2N1)c1nncn1C. The van der Waals surface area contributed by atoms with Gasteiger partial charge >= 0.3 is 0 Å². The molecule has 1 aliphatic heterocycles. The fourth-order valence-electron chi connectivity index (χ4n) is 2.70. The van der Waals surface area contributed by atoms with Crippen LogP contribution in [0, 0.1) is 0 Å². The van der Waals surface area contributed by atoms with Gasteiger partial charge in [-0.15, -0.1) is 10.2 Å². The zero-order valence-electron chi connectivity index (χ0n) is 12.2. The molecule has 1 aliphatic rings. The van der Waals surface area contributed by atoms with Crippen molar-refractivity contribution in [1.82, 2.24) is 20.1 Å². The number of hydrogen-bond donors (Lipinski definition) is 2. The van der Waals surface area contributed by atoms with Gasteiger partial charge < -0.3 is 15.2 Å². The van der Waals surface area contributed by atoms with Gasteiger partial charge in [-0.2, -0.15) is 0 Å². The lowest BCUT2D eigenvalue weighted by Crippen LogP contribution is -2.43. The second kappa shape index (κ2) is 5.55. The summed E-state index contributed by atoms with van der Waals surface area (Å²) in [7, 11) is 1.87. The van der Waals surface area contributed by atoms with E-state index < -0.39 is 0 Å². The molecule has 3 rings (SSSR count). The maximum Gasteiger partial charge on any atom is 0.243 e. The van der Waals surface area contributed by atoms with Crippen molar-refractivity contribution in [3.8, 4) is 0 Å². The summed E-state index contributed by atoms with van der Waals surface area (Å²) >= 11 is 0. The molecule has 1 aromatic heterocycles. The number of fused-ring (bicyclic) bond motifs is 1. The molecule has 2 aromatic rings. The maximum absolute atomic E-state index is 12.4. The number of benzene rings is 1. The number of aryl methyl sites for hydroxylation is 2. The summed E-state index contributed by atoms with van der Waals surface area (Å²) in [6.45, 7) is 1.92. The van der Waals surface area contributed by atoms with E-state index in [4.69, 9.17) is 0 Å². The van der Waals surface area contributed by atoms with E-state index in [0.29, 0.717) is 0 Å². The van der Waals surface area contributed by atoms with Crippen LogP contribution in [0.3, 0.4) is 0 Å². The van der Waals surface area contributed by atoms with Gasteiger partial charge in [0.1, 0.15) is 12.4 Å². The Morgan fingerprint density at radius 2 is 2.29 bits per heavy atom. The van der Waals surface area contributed by atoms with E-state index in [1.807, 2.05) is 36.7 Å². The Hall–Kier alpha value is -2.37. The Morgan fingerprint density at radius 3 is 3.05 bits per heavy atom. The third-order valence-corrected chi connectivity index (χ3v) is 3.86. The summed E-state index contributed by atoms with van der Waals surface area (Å²) in [4.78, 5) is 12.4. The minimum atomic E-state index is -0.199. The Kier molecular flexibility index (Phi) is 3.60. The number of rotatable bonds is 3. The number of carbonyl (C=O) groups is 1. The predicted molar refractivity (Wildman–Crippen MR) is 79.7 cm³/mol. The molecule has 2 atom stereocenters. The van der Waals surface area contributed by atoms with Gasteiger partial charge in [0.15, 0.2) is 5.82 Å². The van der Waals surface area contributed by atoms with Gasteiger partial charge in [0.2, 0.25) is 5.91 Å². The summed E-state index contributed by atoms with van der Waals surface area (Å²) in [5.41, 5.74) is 2.32. The molecule has 0 bridgehead atoms. The van der Waals surface area contributed by atoms with E-state index >= 15 is 0 Å². The van der Waals surface area contributed by atoms with Gasteiger partial charge in [0.05, 0.1) is 6.04 Å². The highest BCUT2D eigenvalue weighted by molar-refractivity contribution is 5.85. The smallest absolute Gasteiger partial charge is 0.243 e. The number of carbonyl (C=O) groups excluding carboxylic acids is 1. The first kappa shape index (κ1) is 13.6. The Balaban J connectivity index is 1.66. The van der Waals surface area contributed by atoms with Crippen molar-refractivity contribution in [3.63, 3.8) is 0 Å². The van der Waals surface area contributed by atoms with Crippen LogP contribution in [0.2, 0.25) is 0 Å². The number of para-hydroxylation sites is 1. The Morgan fingerprint density at radius 1 is 1.48 bits per heavy atom. The van der Waals surface area contributed by atoms with Crippen molar-refractivity contribution < 1.29 is 4.79 Å². The second-order valence-corrected chi connectivity index (χ2v) is 5.42. The molecule has 1 aromatic carbocycles. The summed E-state index contributed by atoms with van der Waals surface area (Å²) < 4.78 is 1.81. The van der Waals surface area contributed by atoms with Crippen molar-refractivity contribution in [2.24, 2.45) is 7.05 Å². The van der Waals surface area contributed by atoms with Gasteiger partial charge in [-0.25, -0.2) is 0 Å². The Labute approximate surface area is 123 Å². The molecule has 6 heteroatoms. The highest BCUT2D eigenvalue weighted by Gasteiger charge is 2.25. The fraction of sp³-hybridized carbons (Fsp3) is 0.400. The molecule has 2 N–H and O–H groups in total. The third-order valence-electron chi connectivity index (χ3n) is 3.86. The molecule has 0 saturated carbocycles. The number of anilines is 1. The van der Waals surface area contributed by atoms with Gasteiger partial charge in [-0.1, -0.05) is 18.2 Å².